The van der Waals surface area contributed by atoms with Gasteiger partial charge in [0, 0.05) is 0 Å². The lowest BCUT2D eigenvalue weighted by Gasteiger charge is -2.08. The number of halogens is 1. The monoisotopic (exact) mass is 328 g/mol. The van der Waals surface area contributed by atoms with Crippen LogP contribution in [0.15, 0.2) is 30.5 Å². The van der Waals surface area contributed by atoms with E-state index in [1.807, 2.05) is 24.3 Å². The summed E-state index contributed by atoms with van der Waals surface area (Å²) in [7, 11) is 0. The Morgan fingerprint density at radius 1 is 1.12 bits per heavy atom. The fraction of sp³-hybridized carbons (Fsp3) is 0. The molecule has 0 amide bonds. The minimum absolute atomic E-state index is 0.132. The van der Waals surface area contributed by atoms with Crippen LogP contribution in [-0.4, -0.2) is 9.97 Å². The average molecular weight is 328 g/mol. The third-order valence-electron chi connectivity index (χ3n) is 1.86. The molecule has 0 aliphatic rings. The molecule has 0 aliphatic heterocycles. The third kappa shape index (κ3) is 2.32. The van der Waals surface area contributed by atoms with Gasteiger partial charge in [-0.1, -0.05) is 12.1 Å². The molecule has 0 atom stereocenters. The number of aromatic nitrogens is 2. The van der Waals surface area contributed by atoms with Crippen LogP contribution in [0.4, 0.5) is 11.8 Å². The van der Waals surface area contributed by atoms with Crippen molar-refractivity contribution in [3.63, 3.8) is 0 Å². The zero-order chi connectivity index (χ0) is 11.5. The summed E-state index contributed by atoms with van der Waals surface area (Å²) in [6.07, 6.45) is 1.46. The van der Waals surface area contributed by atoms with E-state index in [0.717, 1.165) is 3.57 Å². The van der Waals surface area contributed by atoms with Crippen molar-refractivity contribution in [3.8, 4) is 11.5 Å². The van der Waals surface area contributed by atoms with Gasteiger partial charge in [-0.3, -0.25) is 0 Å². The van der Waals surface area contributed by atoms with E-state index >= 15 is 0 Å². The number of hydrogen-bond donors (Lipinski definition) is 2. The van der Waals surface area contributed by atoms with E-state index in [-0.39, 0.29) is 11.8 Å². The lowest BCUT2D eigenvalue weighted by atomic mass is 10.3. The molecule has 0 fully saturated rings. The van der Waals surface area contributed by atoms with Gasteiger partial charge in [-0.15, -0.1) is 0 Å². The smallest absolute Gasteiger partial charge is 0.222 e. The van der Waals surface area contributed by atoms with Crippen molar-refractivity contribution in [2.24, 2.45) is 0 Å². The Bertz CT molecular complexity index is 518. The van der Waals surface area contributed by atoms with Crippen molar-refractivity contribution in [3.05, 3.63) is 34.0 Å². The molecule has 0 unspecified atom stereocenters. The van der Waals surface area contributed by atoms with Gasteiger partial charge in [-0.25, -0.2) is 4.98 Å². The number of nitrogens with zero attached hydrogens (tertiary/aromatic N) is 2. The summed E-state index contributed by atoms with van der Waals surface area (Å²) in [5.74, 6) is 1.47. The van der Waals surface area contributed by atoms with Crippen LogP contribution >= 0.6 is 22.6 Å². The molecule has 6 heteroatoms. The van der Waals surface area contributed by atoms with E-state index in [0.29, 0.717) is 11.5 Å². The van der Waals surface area contributed by atoms with Gasteiger partial charge >= 0.3 is 0 Å². The molecule has 2 rings (SSSR count). The van der Waals surface area contributed by atoms with Crippen molar-refractivity contribution in [2.75, 3.05) is 11.5 Å². The Kier molecular flexibility index (Phi) is 3.09. The summed E-state index contributed by atoms with van der Waals surface area (Å²) in [5, 5.41) is 0. The summed E-state index contributed by atoms with van der Waals surface area (Å²) >= 11 is 2.17. The SMILES string of the molecule is Nc1ncc(Oc2ccccc2I)c(N)n1. The van der Waals surface area contributed by atoms with Gasteiger partial charge in [0.15, 0.2) is 11.6 Å². The molecular weight excluding hydrogens is 319 g/mol. The second-order valence-corrected chi connectivity index (χ2v) is 4.17. The topological polar surface area (TPSA) is 87.0 Å². The molecule has 0 aliphatic carbocycles. The number of benzene rings is 1. The zero-order valence-electron chi connectivity index (χ0n) is 8.22. The first-order chi connectivity index (χ1) is 7.66. The lowest BCUT2D eigenvalue weighted by Crippen LogP contribution is -2.01. The number of ether oxygens (including phenoxy) is 1. The molecule has 82 valence electrons. The highest BCUT2D eigenvalue weighted by Crippen LogP contribution is 2.28. The summed E-state index contributed by atoms with van der Waals surface area (Å²) in [6.45, 7) is 0. The Balaban J connectivity index is 2.31. The Labute approximate surface area is 106 Å². The molecule has 0 spiro atoms. The third-order valence-corrected chi connectivity index (χ3v) is 2.75. The van der Waals surface area contributed by atoms with Crippen molar-refractivity contribution in [1.29, 1.82) is 0 Å². The van der Waals surface area contributed by atoms with Crippen LogP contribution in [-0.2, 0) is 0 Å². The second kappa shape index (κ2) is 4.52. The van der Waals surface area contributed by atoms with Gasteiger partial charge in [0.25, 0.3) is 0 Å². The number of hydrogen-bond acceptors (Lipinski definition) is 5. The van der Waals surface area contributed by atoms with Gasteiger partial charge in [0.2, 0.25) is 5.95 Å². The number of rotatable bonds is 2. The largest absolute Gasteiger partial charge is 0.451 e. The molecule has 1 aromatic heterocycles. The first-order valence-electron chi connectivity index (χ1n) is 4.47. The first kappa shape index (κ1) is 10.9. The van der Waals surface area contributed by atoms with Gasteiger partial charge in [-0.2, -0.15) is 4.98 Å². The predicted octanol–water partition coefficient (Wildman–Crippen LogP) is 2.04. The lowest BCUT2D eigenvalue weighted by molar-refractivity contribution is 0.477. The summed E-state index contributed by atoms with van der Waals surface area (Å²) in [5.41, 5.74) is 11.1. The van der Waals surface area contributed by atoms with Crippen LogP contribution in [0.3, 0.4) is 0 Å². The van der Waals surface area contributed by atoms with Crippen molar-refractivity contribution in [2.45, 2.75) is 0 Å². The van der Waals surface area contributed by atoms with Crippen LogP contribution in [0, 0.1) is 3.57 Å². The van der Waals surface area contributed by atoms with Crippen LogP contribution in [0.2, 0.25) is 0 Å². The Hall–Kier alpha value is -1.57. The quantitative estimate of drug-likeness (QED) is 0.824. The number of para-hydroxylation sites is 1. The molecule has 0 saturated carbocycles. The molecule has 4 N–H and O–H groups in total. The molecule has 0 saturated heterocycles. The molecule has 1 aromatic carbocycles. The maximum atomic E-state index is 5.66. The molecule has 0 radical (unpaired) electrons. The summed E-state index contributed by atoms with van der Waals surface area (Å²) in [6, 6.07) is 7.59. The highest BCUT2D eigenvalue weighted by molar-refractivity contribution is 14.1. The summed E-state index contributed by atoms with van der Waals surface area (Å²) in [4.78, 5) is 7.64. The molecule has 5 nitrogen and oxygen atoms in total. The fourth-order valence-corrected chi connectivity index (χ4v) is 1.62. The van der Waals surface area contributed by atoms with E-state index in [9.17, 15) is 0 Å². The van der Waals surface area contributed by atoms with Crippen LogP contribution < -0.4 is 16.2 Å². The van der Waals surface area contributed by atoms with Crippen LogP contribution in [0.25, 0.3) is 0 Å². The van der Waals surface area contributed by atoms with E-state index in [4.69, 9.17) is 16.2 Å². The first-order valence-corrected chi connectivity index (χ1v) is 5.55. The number of anilines is 2. The number of nitrogen functional groups attached to an aromatic ring is 2. The molecular formula is C10H9IN4O. The van der Waals surface area contributed by atoms with E-state index in [2.05, 4.69) is 32.6 Å². The highest BCUT2D eigenvalue weighted by atomic mass is 127. The maximum Gasteiger partial charge on any atom is 0.222 e. The van der Waals surface area contributed by atoms with Crippen molar-refractivity contribution < 1.29 is 4.74 Å². The average Bonchev–Trinajstić information content (AvgIpc) is 2.25. The fourth-order valence-electron chi connectivity index (χ4n) is 1.12. The minimum atomic E-state index is 0.132. The minimum Gasteiger partial charge on any atom is -0.451 e. The van der Waals surface area contributed by atoms with E-state index in [1.54, 1.807) is 0 Å². The molecule has 0 bridgehead atoms. The normalized spacial score (nSPS) is 10.1. The second-order valence-electron chi connectivity index (χ2n) is 3.01. The zero-order valence-corrected chi connectivity index (χ0v) is 10.4. The van der Waals surface area contributed by atoms with E-state index < -0.39 is 0 Å². The Morgan fingerprint density at radius 2 is 1.88 bits per heavy atom. The van der Waals surface area contributed by atoms with Crippen LogP contribution in [0.1, 0.15) is 0 Å². The van der Waals surface area contributed by atoms with Crippen molar-refractivity contribution in [1.82, 2.24) is 9.97 Å². The van der Waals surface area contributed by atoms with Crippen LogP contribution in [0.5, 0.6) is 11.5 Å². The van der Waals surface area contributed by atoms with E-state index in [1.165, 1.54) is 6.20 Å². The van der Waals surface area contributed by atoms with Gasteiger partial charge in [-0.05, 0) is 34.7 Å². The van der Waals surface area contributed by atoms with Crippen molar-refractivity contribution >= 4 is 34.4 Å². The molecule has 16 heavy (non-hydrogen) atoms. The Morgan fingerprint density at radius 3 is 2.56 bits per heavy atom. The van der Waals surface area contributed by atoms with Gasteiger partial charge in [0.1, 0.15) is 5.75 Å². The highest BCUT2D eigenvalue weighted by Gasteiger charge is 2.06. The molecule has 2 aromatic rings. The standard InChI is InChI=1S/C10H9IN4O/c11-6-3-1-2-4-7(6)16-8-5-14-10(13)15-9(8)12/h1-5H,(H4,12,13,14,15). The van der Waals surface area contributed by atoms with Gasteiger partial charge < -0.3 is 16.2 Å². The maximum absolute atomic E-state index is 5.66. The predicted molar refractivity (Wildman–Crippen MR) is 70.1 cm³/mol. The number of nitrogens with two attached hydrogens (primary N) is 2. The summed E-state index contributed by atoms with van der Waals surface area (Å²) < 4.78 is 6.56. The van der Waals surface area contributed by atoms with Gasteiger partial charge in [0.05, 0.1) is 9.77 Å². The molecule has 1 heterocycles.